The fourth-order valence-corrected chi connectivity index (χ4v) is 8.75. The van der Waals surface area contributed by atoms with Crippen molar-refractivity contribution in [1.29, 1.82) is 5.26 Å². The summed E-state index contributed by atoms with van der Waals surface area (Å²) >= 11 is 1.36. The highest BCUT2D eigenvalue weighted by atomic mass is 32.1. The van der Waals surface area contributed by atoms with Crippen LogP contribution in [0.3, 0.4) is 0 Å². The van der Waals surface area contributed by atoms with Crippen LogP contribution in [0.5, 0.6) is 0 Å². The van der Waals surface area contributed by atoms with Crippen LogP contribution in [0.2, 0.25) is 0 Å². The lowest BCUT2D eigenvalue weighted by Gasteiger charge is -2.41. The Morgan fingerprint density at radius 2 is 2.00 bits per heavy atom. The number of benzene rings is 1. The van der Waals surface area contributed by atoms with E-state index in [9.17, 15) is 28.0 Å². The lowest BCUT2D eigenvalue weighted by Crippen LogP contribution is -2.46. The van der Waals surface area contributed by atoms with Crippen molar-refractivity contribution in [2.75, 3.05) is 18.0 Å². The Morgan fingerprint density at radius 3 is 2.73 bits per heavy atom. The van der Waals surface area contributed by atoms with E-state index in [2.05, 4.69) is 27.3 Å². The first kappa shape index (κ1) is 27.6. The maximum Gasteiger partial charge on any atom is 0.406 e. The number of rotatable bonds is 5. The largest absolute Gasteiger partial charge is 0.406 e. The molecular weight excluding hydrogens is 589 g/mol. The Kier molecular flexibility index (Phi) is 6.13. The molecule has 2 saturated carbocycles. The first-order chi connectivity index (χ1) is 21.1. The Balaban J connectivity index is 1.22. The molecule has 3 atom stereocenters. The molecule has 3 aromatic heterocycles. The monoisotopic (exact) mass is 618 g/mol. The summed E-state index contributed by atoms with van der Waals surface area (Å²) in [6.07, 6.45) is 3.92. The smallest absolute Gasteiger partial charge is 0.366 e. The summed E-state index contributed by atoms with van der Waals surface area (Å²) < 4.78 is 41.3. The fourth-order valence-electron chi connectivity index (χ4n) is 7.62. The van der Waals surface area contributed by atoms with Gasteiger partial charge in [0, 0.05) is 64.8 Å². The Hall–Kier alpha value is -3.95. The average Bonchev–Trinajstić information content (AvgIpc) is 3.41. The molecule has 2 aliphatic carbocycles. The van der Waals surface area contributed by atoms with Crippen LogP contribution < -0.4 is 21.5 Å². The summed E-state index contributed by atoms with van der Waals surface area (Å²) in [4.78, 5) is 33.2. The van der Waals surface area contributed by atoms with Gasteiger partial charge in [0.05, 0.1) is 28.4 Å². The second-order valence-electron chi connectivity index (χ2n) is 12.8. The minimum absolute atomic E-state index is 0.168. The molecule has 0 radical (unpaired) electrons. The van der Waals surface area contributed by atoms with E-state index in [4.69, 9.17) is 0 Å². The third-order valence-electron chi connectivity index (χ3n) is 9.96. The highest BCUT2D eigenvalue weighted by molar-refractivity contribution is 7.19. The molecule has 5 heterocycles. The number of aromatic nitrogens is 3. The number of hydrogen-bond donors (Lipinski definition) is 1. The molecule has 1 spiro atoms. The number of halogens is 3. The van der Waals surface area contributed by atoms with Crippen LogP contribution in [0.15, 0.2) is 52.3 Å². The molecule has 0 unspecified atom stereocenters. The minimum Gasteiger partial charge on any atom is -0.366 e. The van der Waals surface area contributed by atoms with Gasteiger partial charge in [0.15, 0.2) is 0 Å². The number of nitrogens with zero attached hydrogens (tertiary/aromatic N) is 5. The van der Waals surface area contributed by atoms with Gasteiger partial charge in [-0.05, 0) is 73.8 Å². The molecule has 2 aliphatic heterocycles. The predicted molar refractivity (Wildman–Crippen MR) is 161 cm³/mol. The summed E-state index contributed by atoms with van der Waals surface area (Å²) in [5.74, 6) is 1.04. The Bertz CT molecular complexity index is 1980. The van der Waals surface area contributed by atoms with Gasteiger partial charge in [-0.2, -0.15) is 18.4 Å². The molecule has 4 aliphatic rings. The summed E-state index contributed by atoms with van der Waals surface area (Å²) in [6.45, 7) is 0.284. The van der Waals surface area contributed by atoms with Gasteiger partial charge in [-0.25, -0.2) is 4.79 Å². The average molecular weight is 619 g/mol. The summed E-state index contributed by atoms with van der Waals surface area (Å²) in [6, 6.07) is 11.5. The number of nitrogens with one attached hydrogen (secondary N) is 1. The maximum absolute atomic E-state index is 13.0. The molecule has 8 nitrogen and oxygen atoms in total. The zero-order valence-electron chi connectivity index (χ0n) is 23.7. The van der Waals surface area contributed by atoms with Gasteiger partial charge in [0.2, 0.25) is 0 Å². The van der Waals surface area contributed by atoms with Crippen molar-refractivity contribution in [3.8, 4) is 17.2 Å². The van der Waals surface area contributed by atoms with Gasteiger partial charge in [0.25, 0.3) is 5.56 Å². The van der Waals surface area contributed by atoms with Crippen molar-refractivity contribution in [3.05, 3.63) is 79.6 Å². The number of nitriles is 1. The molecule has 3 fully saturated rings. The van der Waals surface area contributed by atoms with Crippen molar-refractivity contribution in [1.82, 2.24) is 19.4 Å². The first-order valence-corrected chi connectivity index (χ1v) is 15.8. The van der Waals surface area contributed by atoms with Crippen LogP contribution in [-0.2, 0) is 13.1 Å². The summed E-state index contributed by atoms with van der Waals surface area (Å²) in [7, 11) is 0. The van der Waals surface area contributed by atoms with Crippen LogP contribution >= 0.6 is 11.3 Å². The molecule has 1 saturated heterocycles. The predicted octanol–water partition coefficient (Wildman–Crippen LogP) is 4.98. The van der Waals surface area contributed by atoms with Crippen LogP contribution in [0, 0.1) is 17.2 Å². The van der Waals surface area contributed by atoms with Crippen LogP contribution in [0.1, 0.15) is 54.0 Å². The molecule has 4 aromatic rings. The van der Waals surface area contributed by atoms with Gasteiger partial charge < -0.3 is 10.2 Å². The van der Waals surface area contributed by atoms with E-state index in [0.717, 1.165) is 58.6 Å². The van der Waals surface area contributed by atoms with E-state index in [0.29, 0.717) is 38.4 Å². The second kappa shape index (κ2) is 9.78. The SMILES string of the molecule is N#Cc1cc(-c2ccnc3cc(Cn4c(=O)ccn(CC(F)(F)F)c4=O)sc23)c2c(c1)[C@@H]1C[C@@H]1CN2[C@@H]1CNC2(CCC2)C1. The van der Waals surface area contributed by atoms with Crippen molar-refractivity contribution >= 4 is 27.2 Å². The van der Waals surface area contributed by atoms with Crippen LogP contribution in [0.25, 0.3) is 21.3 Å². The van der Waals surface area contributed by atoms with Crippen molar-refractivity contribution in [3.63, 3.8) is 0 Å². The normalized spacial score (nSPS) is 23.3. The molecule has 8 rings (SSSR count). The number of hydrogen-bond acceptors (Lipinski definition) is 7. The molecule has 44 heavy (non-hydrogen) atoms. The van der Waals surface area contributed by atoms with Gasteiger partial charge in [0.1, 0.15) is 6.54 Å². The zero-order valence-corrected chi connectivity index (χ0v) is 24.5. The van der Waals surface area contributed by atoms with Gasteiger partial charge in [-0.1, -0.05) is 0 Å². The van der Waals surface area contributed by atoms with E-state index in [1.807, 2.05) is 12.1 Å². The van der Waals surface area contributed by atoms with Crippen LogP contribution in [0.4, 0.5) is 18.9 Å². The number of alkyl halides is 3. The van der Waals surface area contributed by atoms with Crippen molar-refractivity contribution in [2.24, 2.45) is 5.92 Å². The van der Waals surface area contributed by atoms with Gasteiger partial charge >= 0.3 is 11.9 Å². The number of fused-ring (bicyclic) bond motifs is 4. The lowest BCUT2D eigenvalue weighted by molar-refractivity contribution is -0.141. The van der Waals surface area contributed by atoms with Gasteiger partial charge in [-0.3, -0.25) is 18.9 Å². The van der Waals surface area contributed by atoms with E-state index in [-0.39, 0.29) is 12.1 Å². The number of thiophene rings is 1. The standard InChI is InChI=1S/C32H29F3N6O2S/c33-32(34,35)17-39-7-3-27(42)41(30(39)43)16-21-11-26-29(44-21)22(2-6-37-26)24-8-18(13-36)9-25-23-10-19(23)15-40(28(24)25)20-12-31(38-14-20)4-1-5-31/h2-3,6-9,11,19-20,23,38H,1,4-5,10,12,14-17H2/t19-,20+,23-/m1/s1. The minimum atomic E-state index is -4.60. The third kappa shape index (κ3) is 4.56. The Morgan fingerprint density at radius 1 is 1.16 bits per heavy atom. The lowest BCUT2D eigenvalue weighted by atomic mass is 9.75. The molecular formula is C32H29F3N6O2S. The Labute approximate surface area is 254 Å². The molecule has 0 bridgehead atoms. The highest BCUT2D eigenvalue weighted by Gasteiger charge is 2.51. The molecule has 1 N–H and O–H groups in total. The number of pyridine rings is 1. The van der Waals surface area contributed by atoms with Crippen LogP contribution in [-0.4, -0.2) is 45.0 Å². The molecule has 12 heteroatoms. The van der Waals surface area contributed by atoms with E-state index in [1.165, 1.54) is 41.9 Å². The maximum atomic E-state index is 13.0. The number of anilines is 1. The van der Waals surface area contributed by atoms with E-state index in [1.54, 1.807) is 12.3 Å². The highest BCUT2D eigenvalue weighted by Crippen LogP contribution is 2.58. The first-order valence-electron chi connectivity index (χ1n) is 15.0. The zero-order chi connectivity index (χ0) is 30.4. The third-order valence-corrected chi connectivity index (χ3v) is 11.1. The summed E-state index contributed by atoms with van der Waals surface area (Å²) in [5, 5.41) is 13.8. The van der Waals surface area contributed by atoms with Crippen molar-refractivity contribution < 1.29 is 13.2 Å². The quantitative estimate of drug-likeness (QED) is 0.339. The molecule has 0 amide bonds. The molecule has 226 valence electrons. The van der Waals surface area contributed by atoms with E-state index < -0.39 is 24.0 Å². The topological polar surface area (TPSA) is 96.0 Å². The van der Waals surface area contributed by atoms with Crippen molar-refractivity contribution in [2.45, 2.75) is 68.9 Å². The van der Waals surface area contributed by atoms with E-state index >= 15 is 0 Å². The molecule has 1 aromatic carbocycles. The fraction of sp³-hybridized carbons (Fsp3) is 0.438. The second-order valence-corrected chi connectivity index (χ2v) is 13.9. The van der Waals surface area contributed by atoms with Gasteiger partial charge in [-0.15, -0.1) is 11.3 Å². The summed E-state index contributed by atoms with van der Waals surface area (Å²) in [5.41, 5.74) is 4.15.